The van der Waals surface area contributed by atoms with Crippen LogP contribution in [0.2, 0.25) is 0 Å². The van der Waals surface area contributed by atoms with Crippen LogP contribution in [-0.2, 0) is 6.61 Å². The van der Waals surface area contributed by atoms with Gasteiger partial charge in [0.05, 0.1) is 6.61 Å². The van der Waals surface area contributed by atoms with Crippen LogP contribution in [0.15, 0.2) is 42.6 Å². The minimum atomic E-state index is -0.0747. The lowest BCUT2D eigenvalue weighted by Crippen LogP contribution is -1.99. The van der Waals surface area contributed by atoms with Crippen molar-refractivity contribution < 1.29 is 9.84 Å². The quantitative estimate of drug-likeness (QED) is 0.883. The summed E-state index contributed by atoms with van der Waals surface area (Å²) >= 11 is 0. The van der Waals surface area contributed by atoms with Gasteiger partial charge in [0.1, 0.15) is 5.75 Å². The number of hydrogen-bond acceptors (Lipinski definition) is 3. The Morgan fingerprint density at radius 3 is 2.74 bits per heavy atom. The van der Waals surface area contributed by atoms with E-state index in [4.69, 9.17) is 4.74 Å². The van der Waals surface area contributed by atoms with E-state index in [-0.39, 0.29) is 6.61 Å². The van der Waals surface area contributed by atoms with Crippen molar-refractivity contribution in [3.8, 4) is 11.6 Å². The number of hydrogen-bond donors (Lipinski definition) is 1. The lowest BCUT2D eigenvalue weighted by Gasteiger charge is -2.15. The fourth-order valence-electron chi connectivity index (χ4n) is 1.94. The van der Waals surface area contributed by atoms with Gasteiger partial charge in [-0.05, 0) is 36.1 Å². The standard InChI is InChI=1S/C16H19NO2/c1-3-12(2)14-8-4-5-9-15(14)19-16-13(11-18)7-6-10-17-16/h4-10,12,18H,3,11H2,1-2H3. The topological polar surface area (TPSA) is 42.4 Å². The Morgan fingerprint density at radius 1 is 1.21 bits per heavy atom. The molecule has 0 aliphatic heterocycles. The normalized spacial score (nSPS) is 12.2. The van der Waals surface area contributed by atoms with Gasteiger partial charge in [0.2, 0.25) is 5.88 Å². The Kier molecular flexibility index (Phi) is 4.53. The SMILES string of the molecule is CCC(C)c1ccccc1Oc1ncccc1CO. The number of nitrogens with zero attached hydrogens (tertiary/aromatic N) is 1. The highest BCUT2D eigenvalue weighted by Crippen LogP contribution is 2.32. The number of aliphatic hydroxyl groups is 1. The molecule has 3 nitrogen and oxygen atoms in total. The zero-order valence-electron chi connectivity index (χ0n) is 11.3. The average Bonchev–Trinajstić information content (AvgIpc) is 2.47. The Labute approximate surface area is 113 Å². The molecule has 19 heavy (non-hydrogen) atoms. The molecule has 0 spiro atoms. The van der Waals surface area contributed by atoms with Gasteiger partial charge in [-0.15, -0.1) is 0 Å². The number of ether oxygens (including phenoxy) is 1. The van der Waals surface area contributed by atoms with E-state index >= 15 is 0 Å². The zero-order valence-corrected chi connectivity index (χ0v) is 11.3. The molecule has 0 saturated heterocycles. The van der Waals surface area contributed by atoms with Crippen LogP contribution in [0.5, 0.6) is 11.6 Å². The van der Waals surface area contributed by atoms with Crippen molar-refractivity contribution in [2.24, 2.45) is 0 Å². The third kappa shape index (κ3) is 3.12. The molecule has 3 heteroatoms. The van der Waals surface area contributed by atoms with Gasteiger partial charge in [-0.2, -0.15) is 0 Å². The van der Waals surface area contributed by atoms with Gasteiger partial charge in [0.25, 0.3) is 0 Å². The average molecular weight is 257 g/mol. The Balaban J connectivity index is 2.33. The van der Waals surface area contributed by atoms with E-state index < -0.39 is 0 Å². The Hall–Kier alpha value is -1.87. The molecule has 0 fully saturated rings. The van der Waals surface area contributed by atoms with Crippen molar-refractivity contribution >= 4 is 0 Å². The number of rotatable bonds is 5. The molecule has 0 radical (unpaired) electrons. The van der Waals surface area contributed by atoms with Crippen LogP contribution >= 0.6 is 0 Å². The first kappa shape index (κ1) is 13.6. The van der Waals surface area contributed by atoms with E-state index in [2.05, 4.69) is 24.9 Å². The summed E-state index contributed by atoms with van der Waals surface area (Å²) in [6.45, 7) is 4.25. The van der Waals surface area contributed by atoms with Crippen LogP contribution in [0, 0.1) is 0 Å². The van der Waals surface area contributed by atoms with Gasteiger partial charge in [-0.1, -0.05) is 32.0 Å². The predicted octanol–water partition coefficient (Wildman–Crippen LogP) is 3.88. The van der Waals surface area contributed by atoms with E-state index in [1.54, 1.807) is 12.3 Å². The third-order valence-electron chi connectivity index (χ3n) is 3.29. The fraction of sp³-hybridized carbons (Fsp3) is 0.312. The van der Waals surface area contributed by atoms with Crippen molar-refractivity contribution in [3.63, 3.8) is 0 Å². The molecule has 1 unspecified atom stereocenters. The number of benzene rings is 1. The molecular formula is C16H19NO2. The number of aromatic nitrogens is 1. The summed E-state index contributed by atoms with van der Waals surface area (Å²) < 4.78 is 5.88. The minimum absolute atomic E-state index is 0.0747. The number of para-hydroxylation sites is 1. The second-order valence-electron chi connectivity index (χ2n) is 4.57. The summed E-state index contributed by atoms with van der Waals surface area (Å²) in [5, 5.41) is 9.30. The largest absolute Gasteiger partial charge is 0.438 e. The summed E-state index contributed by atoms with van der Waals surface area (Å²) in [7, 11) is 0. The van der Waals surface area contributed by atoms with Crippen molar-refractivity contribution in [2.45, 2.75) is 32.8 Å². The van der Waals surface area contributed by atoms with Crippen molar-refractivity contribution in [1.29, 1.82) is 0 Å². The van der Waals surface area contributed by atoms with E-state index in [0.29, 0.717) is 17.4 Å². The summed E-state index contributed by atoms with van der Waals surface area (Å²) in [4.78, 5) is 4.19. The first-order chi connectivity index (χ1) is 9.26. The van der Waals surface area contributed by atoms with Crippen LogP contribution in [-0.4, -0.2) is 10.1 Å². The van der Waals surface area contributed by atoms with Crippen LogP contribution in [0.4, 0.5) is 0 Å². The van der Waals surface area contributed by atoms with E-state index in [1.807, 2.05) is 24.3 Å². The Bertz CT molecular complexity index is 540. The maximum Gasteiger partial charge on any atom is 0.224 e. The summed E-state index contributed by atoms with van der Waals surface area (Å²) in [5.41, 5.74) is 1.86. The molecule has 2 rings (SSSR count). The highest BCUT2D eigenvalue weighted by molar-refractivity contribution is 5.39. The molecule has 1 N–H and O–H groups in total. The minimum Gasteiger partial charge on any atom is -0.438 e. The van der Waals surface area contributed by atoms with E-state index in [0.717, 1.165) is 12.2 Å². The van der Waals surface area contributed by atoms with E-state index in [1.165, 1.54) is 5.56 Å². The molecule has 0 amide bonds. The molecule has 1 aromatic heterocycles. The van der Waals surface area contributed by atoms with Gasteiger partial charge < -0.3 is 9.84 Å². The van der Waals surface area contributed by atoms with Gasteiger partial charge in [-0.3, -0.25) is 0 Å². The van der Waals surface area contributed by atoms with Gasteiger partial charge in [0.15, 0.2) is 0 Å². The summed E-state index contributed by atoms with van der Waals surface area (Å²) in [5.74, 6) is 1.71. The monoisotopic (exact) mass is 257 g/mol. The molecule has 1 atom stereocenters. The Morgan fingerprint density at radius 2 is 2.00 bits per heavy atom. The van der Waals surface area contributed by atoms with Crippen LogP contribution in [0.1, 0.15) is 37.3 Å². The number of aliphatic hydroxyl groups excluding tert-OH is 1. The molecule has 2 aromatic rings. The molecule has 0 saturated carbocycles. The fourth-order valence-corrected chi connectivity index (χ4v) is 1.94. The highest BCUT2D eigenvalue weighted by atomic mass is 16.5. The lowest BCUT2D eigenvalue weighted by molar-refractivity contribution is 0.275. The second-order valence-corrected chi connectivity index (χ2v) is 4.57. The molecule has 1 aromatic carbocycles. The molecule has 0 bridgehead atoms. The van der Waals surface area contributed by atoms with Crippen molar-refractivity contribution in [2.75, 3.05) is 0 Å². The highest BCUT2D eigenvalue weighted by Gasteiger charge is 2.12. The van der Waals surface area contributed by atoms with Crippen LogP contribution in [0.25, 0.3) is 0 Å². The maximum absolute atomic E-state index is 9.30. The zero-order chi connectivity index (χ0) is 13.7. The molecule has 1 heterocycles. The lowest BCUT2D eigenvalue weighted by atomic mass is 9.98. The van der Waals surface area contributed by atoms with Crippen molar-refractivity contribution in [1.82, 2.24) is 4.98 Å². The van der Waals surface area contributed by atoms with Gasteiger partial charge in [0, 0.05) is 11.8 Å². The number of pyridine rings is 1. The van der Waals surface area contributed by atoms with Gasteiger partial charge in [-0.25, -0.2) is 4.98 Å². The van der Waals surface area contributed by atoms with Crippen LogP contribution < -0.4 is 4.74 Å². The molecule has 100 valence electrons. The second kappa shape index (κ2) is 6.34. The summed E-state index contributed by atoms with van der Waals surface area (Å²) in [6.07, 6.45) is 2.72. The van der Waals surface area contributed by atoms with E-state index in [9.17, 15) is 5.11 Å². The first-order valence-electron chi connectivity index (χ1n) is 6.57. The third-order valence-corrected chi connectivity index (χ3v) is 3.29. The first-order valence-corrected chi connectivity index (χ1v) is 6.57. The molecule has 0 aliphatic rings. The predicted molar refractivity (Wildman–Crippen MR) is 75.4 cm³/mol. The maximum atomic E-state index is 9.30. The molecule has 0 aliphatic carbocycles. The van der Waals surface area contributed by atoms with Gasteiger partial charge >= 0.3 is 0 Å². The van der Waals surface area contributed by atoms with Crippen LogP contribution in [0.3, 0.4) is 0 Å². The summed E-state index contributed by atoms with van der Waals surface area (Å²) in [6, 6.07) is 11.6. The van der Waals surface area contributed by atoms with Crippen molar-refractivity contribution in [3.05, 3.63) is 53.7 Å². The smallest absolute Gasteiger partial charge is 0.224 e. The molecular weight excluding hydrogens is 238 g/mol.